The van der Waals surface area contributed by atoms with Crippen LogP contribution in [0.25, 0.3) is 0 Å². The number of benzene rings is 1. The number of hydrogen-bond donors (Lipinski definition) is 0. The van der Waals surface area contributed by atoms with Gasteiger partial charge in [-0.05, 0) is 24.5 Å². The van der Waals surface area contributed by atoms with E-state index < -0.39 is 5.41 Å². The van der Waals surface area contributed by atoms with Gasteiger partial charge in [0.05, 0.1) is 18.1 Å². The van der Waals surface area contributed by atoms with E-state index in [-0.39, 0.29) is 43.1 Å². The Morgan fingerprint density at radius 2 is 2.14 bits per heavy atom. The molecule has 1 aromatic carbocycles. The quantitative estimate of drug-likeness (QED) is 0.473. The highest BCUT2D eigenvalue weighted by Gasteiger charge is 2.54. The van der Waals surface area contributed by atoms with E-state index in [2.05, 4.69) is 0 Å². The molecule has 0 saturated carbocycles. The van der Waals surface area contributed by atoms with Crippen molar-refractivity contribution in [2.75, 3.05) is 40.5 Å². The van der Waals surface area contributed by atoms with Gasteiger partial charge in [-0.1, -0.05) is 29.8 Å². The highest BCUT2D eigenvalue weighted by atomic mass is 35.5. The molecule has 0 bridgehead atoms. The molecule has 0 aliphatic carbocycles. The number of likely N-dealkylation sites (tertiary alicyclic amines) is 1. The molecule has 0 aromatic heterocycles. The maximum atomic E-state index is 13.5. The number of halogens is 1. The molecule has 29 heavy (non-hydrogen) atoms. The molecule has 2 unspecified atom stereocenters. The fraction of sp³-hybridized carbons (Fsp3) is 0.571. The number of methoxy groups -OCH3 is 1. The van der Waals surface area contributed by atoms with Gasteiger partial charge < -0.3 is 14.4 Å². The first-order valence-electron chi connectivity index (χ1n) is 9.83. The molecule has 2 aliphatic heterocycles. The van der Waals surface area contributed by atoms with Crippen LogP contribution in [0.15, 0.2) is 24.3 Å². The summed E-state index contributed by atoms with van der Waals surface area (Å²) >= 11 is 6.42. The molecule has 0 N–H and O–H groups in total. The Balaban J connectivity index is 1.91. The van der Waals surface area contributed by atoms with E-state index in [4.69, 9.17) is 21.1 Å². The predicted octanol–water partition coefficient (Wildman–Crippen LogP) is 2.01. The number of carbonyl (C=O) groups excluding carboxylic acids is 3. The van der Waals surface area contributed by atoms with Crippen LogP contribution in [0.5, 0.6) is 0 Å². The van der Waals surface area contributed by atoms with Crippen LogP contribution in [0.3, 0.4) is 0 Å². The Bertz CT molecular complexity index is 780. The summed E-state index contributed by atoms with van der Waals surface area (Å²) in [6.07, 6.45) is 1.13. The summed E-state index contributed by atoms with van der Waals surface area (Å²) in [6, 6.07) is 6.94. The minimum Gasteiger partial charge on any atom is -0.385 e. The van der Waals surface area contributed by atoms with Crippen molar-refractivity contribution in [3.05, 3.63) is 34.9 Å². The molecule has 2 fully saturated rings. The lowest BCUT2D eigenvalue weighted by atomic mass is 9.75. The van der Waals surface area contributed by atoms with Gasteiger partial charge in [-0.25, -0.2) is 0 Å². The lowest BCUT2D eigenvalue weighted by Gasteiger charge is -2.31. The van der Waals surface area contributed by atoms with Crippen molar-refractivity contribution in [2.45, 2.75) is 37.1 Å². The van der Waals surface area contributed by atoms with Crippen LogP contribution in [-0.4, -0.2) is 74.1 Å². The highest BCUT2D eigenvalue weighted by molar-refractivity contribution is 6.32. The first-order chi connectivity index (χ1) is 13.9. The molecule has 0 radical (unpaired) electrons. The number of amides is 3. The molecule has 8 heteroatoms. The third kappa shape index (κ3) is 4.32. The second-order valence-electron chi connectivity index (χ2n) is 7.63. The fourth-order valence-corrected chi connectivity index (χ4v) is 4.42. The minimum absolute atomic E-state index is 0.0178. The minimum atomic E-state index is -1.28. The molecular formula is C21H27ClN2O5. The van der Waals surface area contributed by atoms with Gasteiger partial charge in [0.2, 0.25) is 17.7 Å². The predicted molar refractivity (Wildman–Crippen MR) is 108 cm³/mol. The fourth-order valence-electron chi connectivity index (χ4n) is 4.10. The van der Waals surface area contributed by atoms with Gasteiger partial charge in [0, 0.05) is 51.8 Å². The Kier molecular flexibility index (Phi) is 6.93. The Hall–Kier alpha value is -1.96. The maximum Gasteiger partial charge on any atom is 0.240 e. The number of likely N-dealkylation sites (N-methyl/N-ethyl adjacent to an activating group) is 1. The van der Waals surface area contributed by atoms with Crippen molar-refractivity contribution in [3.8, 4) is 0 Å². The van der Waals surface area contributed by atoms with Crippen molar-refractivity contribution in [1.29, 1.82) is 0 Å². The summed E-state index contributed by atoms with van der Waals surface area (Å²) in [7, 11) is 3.29. The zero-order valence-corrected chi connectivity index (χ0v) is 17.6. The van der Waals surface area contributed by atoms with Gasteiger partial charge in [0.1, 0.15) is 0 Å². The van der Waals surface area contributed by atoms with E-state index in [9.17, 15) is 14.4 Å². The van der Waals surface area contributed by atoms with Crippen molar-refractivity contribution >= 4 is 29.3 Å². The van der Waals surface area contributed by atoms with Crippen molar-refractivity contribution in [1.82, 2.24) is 9.80 Å². The van der Waals surface area contributed by atoms with E-state index >= 15 is 0 Å². The van der Waals surface area contributed by atoms with Gasteiger partial charge in [-0.3, -0.25) is 19.3 Å². The molecule has 2 atom stereocenters. The largest absolute Gasteiger partial charge is 0.385 e. The van der Waals surface area contributed by atoms with Gasteiger partial charge in [0.15, 0.2) is 0 Å². The Labute approximate surface area is 175 Å². The molecule has 2 saturated heterocycles. The zero-order chi connectivity index (χ0) is 21.0. The summed E-state index contributed by atoms with van der Waals surface area (Å²) in [5.41, 5.74) is -0.758. The topological polar surface area (TPSA) is 76.2 Å². The maximum absolute atomic E-state index is 13.5. The van der Waals surface area contributed by atoms with Crippen molar-refractivity contribution in [2.24, 2.45) is 0 Å². The first-order valence-corrected chi connectivity index (χ1v) is 10.2. The van der Waals surface area contributed by atoms with Crippen LogP contribution < -0.4 is 0 Å². The normalized spacial score (nSPS) is 24.4. The molecule has 1 aromatic rings. The van der Waals surface area contributed by atoms with Gasteiger partial charge in [-0.15, -0.1) is 0 Å². The molecule has 3 amide bonds. The number of rotatable bonds is 8. The van der Waals surface area contributed by atoms with Gasteiger partial charge >= 0.3 is 0 Å². The van der Waals surface area contributed by atoms with E-state index in [1.54, 1.807) is 43.3 Å². The second-order valence-corrected chi connectivity index (χ2v) is 8.04. The monoisotopic (exact) mass is 422 g/mol. The van der Waals surface area contributed by atoms with E-state index in [1.807, 2.05) is 0 Å². The van der Waals surface area contributed by atoms with Crippen LogP contribution in [0.2, 0.25) is 5.02 Å². The summed E-state index contributed by atoms with van der Waals surface area (Å²) in [6.45, 7) is 1.80. The molecule has 7 nitrogen and oxygen atoms in total. The van der Waals surface area contributed by atoms with Gasteiger partial charge in [0.25, 0.3) is 0 Å². The standard InChI is InChI=1S/C21H27ClN2O5/c1-23(15-8-11-29-14-15)18(25)12-21(16-6-3-4-7-17(16)22)13-19(26)24(20(21)27)9-5-10-28-2/h3-4,6-7,15H,5,8-14H2,1-2H3. The van der Waals surface area contributed by atoms with Crippen molar-refractivity contribution in [3.63, 3.8) is 0 Å². The second kappa shape index (κ2) is 9.24. The smallest absolute Gasteiger partial charge is 0.240 e. The lowest BCUT2D eigenvalue weighted by Crippen LogP contribution is -2.45. The van der Waals surface area contributed by atoms with Crippen LogP contribution in [0.1, 0.15) is 31.2 Å². The third-order valence-electron chi connectivity index (χ3n) is 5.83. The van der Waals surface area contributed by atoms with Crippen molar-refractivity contribution < 1.29 is 23.9 Å². The molecule has 3 rings (SSSR count). The molecule has 0 spiro atoms. The number of imide groups is 1. The molecular weight excluding hydrogens is 396 g/mol. The average molecular weight is 423 g/mol. The van der Waals surface area contributed by atoms with E-state index in [0.29, 0.717) is 36.8 Å². The van der Waals surface area contributed by atoms with Crippen LogP contribution in [0.4, 0.5) is 0 Å². The Morgan fingerprint density at radius 1 is 1.38 bits per heavy atom. The molecule has 2 aliphatic rings. The molecule has 158 valence electrons. The highest BCUT2D eigenvalue weighted by Crippen LogP contribution is 2.43. The van der Waals surface area contributed by atoms with Gasteiger partial charge in [-0.2, -0.15) is 0 Å². The summed E-state index contributed by atoms with van der Waals surface area (Å²) in [5, 5.41) is 0.382. The van der Waals surface area contributed by atoms with Crippen LogP contribution in [0, 0.1) is 0 Å². The first kappa shape index (κ1) is 21.7. The lowest BCUT2D eigenvalue weighted by molar-refractivity contribution is -0.143. The SMILES string of the molecule is COCCCN1C(=O)CC(CC(=O)N(C)C2CCOC2)(c2ccccc2Cl)C1=O. The van der Waals surface area contributed by atoms with E-state index in [0.717, 1.165) is 6.42 Å². The summed E-state index contributed by atoms with van der Waals surface area (Å²) in [4.78, 5) is 42.2. The number of ether oxygens (including phenoxy) is 2. The summed E-state index contributed by atoms with van der Waals surface area (Å²) in [5.74, 6) is -0.845. The molecule has 2 heterocycles. The third-order valence-corrected chi connectivity index (χ3v) is 6.16. The van der Waals surface area contributed by atoms with E-state index in [1.165, 1.54) is 4.90 Å². The Morgan fingerprint density at radius 3 is 2.79 bits per heavy atom. The number of nitrogens with zero attached hydrogens (tertiary/aromatic N) is 2. The zero-order valence-electron chi connectivity index (χ0n) is 16.9. The van der Waals surface area contributed by atoms with Crippen LogP contribution >= 0.6 is 11.6 Å². The average Bonchev–Trinajstić information content (AvgIpc) is 3.31. The van der Waals surface area contributed by atoms with Crippen LogP contribution in [-0.2, 0) is 29.3 Å². The summed E-state index contributed by atoms with van der Waals surface area (Å²) < 4.78 is 10.4. The number of carbonyl (C=O) groups is 3. The number of hydrogen-bond acceptors (Lipinski definition) is 5.